The zero-order valence-corrected chi connectivity index (χ0v) is 13.1. The Kier molecular flexibility index (Phi) is 5.54. The molecule has 1 fully saturated rings. The van der Waals surface area contributed by atoms with E-state index in [0.29, 0.717) is 30.8 Å². The van der Waals surface area contributed by atoms with Crippen molar-refractivity contribution >= 4 is 22.4 Å². The minimum atomic E-state index is -3.52. The van der Waals surface area contributed by atoms with Crippen LogP contribution in [0, 0.1) is 18.3 Å². The third kappa shape index (κ3) is 3.30. The molecule has 0 aliphatic carbocycles. The molecule has 0 amide bonds. The number of aryl methyl sites for hydroxylation is 1. The Morgan fingerprint density at radius 2 is 2.15 bits per heavy atom. The van der Waals surface area contributed by atoms with Crippen molar-refractivity contribution in [1.29, 1.82) is 5.26 Å². The van der Waals surface area contributed by atoms with Crippen LogP contribution in [0.1, 0.15) is 18.1 Å². The Hall–Kier alpha value is -1.13. The van der Waals surface area contributed by atoms with Crippen molar-refractivity contribution in [2.75, 3.05) is 19.6 Å². The molecule has 1 aliphatic heterocycles. The highest BCUT2D eigenvalue weighted by molar-refractivity contribution is 7.89. The summed E-state index contributed by atoms with van der Waals surface area (Å²) in [5, 5.41) is 12.1. The highest BCUT2D eigenvalue weighted by atomic mass is 35.5. The van der Waals surface area contributed by atoms with Gasteiger partial charge in [0.2, 0.25) is 10.0 Å². The lowest BCUT2D eigenvalue weighted by molar-refractivity contribution is 0.310. The molecule has 1 N–H and O–H groups in total. The molecule has 1 aromatic carbocycles. The first-order valence-corrected chi connectivity index (χ1v) is 7.63. The number of halogens is 1. The van der Waals surface area contributed by atoms with Crippen LogP contribution in [0.15, 0.2) is 23.1 Å². The molecular weight excluding hydrogens is 298 g/mol. The molecule has 1 aromatic rings. The second kappa shape index (κ2) is 6.55. The molecular formula is C13H18ClN3O2S. The molecule has 5 nitrogen and oxygen atoms in total. The van der Waals surface area contributed by atoms with Gasteiger partial charge in [-0.15, -0.1) is 12.4 Å². The smallest absolute Gasteiger partial charge is 0.243 e. The van der Waals surface area contributed by atoms with Crippen LogP contribution in [0.5, 0.6) is 0 Å². The molecule has 0 radical (unpaired) electrons. The summed E-state index contributed by atoms with van der Waals surface area (Å²) in [6.07, 6.45) is 0. The molecule has 0 spiro atoms. The fourth-order valence-corrected chi connectivity index (χ4v) is 3.98. The van der Waals surface area contributed by atoms with E-state index in [1.54, 1.807) is 19.1 Å². The van der Waals surface area contributed by atoms with Crippen LogP contribution in [0.4, 0.5) is 0 Å². The van der Waals surface area contributed by atoms with E-state index in [9.17, 15) is 8.42 Å². The molecule has 20 heavy (non-hydrogen) atoms. The predicted molar refractivity (Wildman–Crippen MR) is 79.4 cm³/mol. The Bertz CT molecular complexity index is 625. The van der Waals surface area contributed by atoms with Gasteiger partial charge in [-0.3, -0.25) is 0 Å². The molecule has 1 aliphatic rings. The Labute approximate surface area is 126 Å². The molecule has 0 saturated carbocycles. The maximum Gasteiger partial charge on any atom is 0.243 e. The topological polar surface area (TPSA) is 73.2 Å². The fourth-order valence-electron chi connectivity index (χ4n) is 2.20. The van der Waals surface area contributed by atoms with Crippen LogP contribution >= 0.6 is 12.4 Å². The van der Waals surface area contributed by atoms with Gasteiger partial charge in [-0.1, -0.05) is 6.07 Å². The van der Waals surface area contributed by atoms with Crippen LogP contribution in [0.2, 0.25) is 0 Å². The lowest BCUT2D eigenvalue weighted by atomic mass is 10.2. The second-order valence-electron chi connectivity index (χ2n) is 4.81. The van der Waals surface area contributed by atoms with Crippen molar-refractivity contribution in [3.8, 4) is 6.07 Å². The van der Waals surface area contributed by atoms with E-state index in [1.165, 1.54) is 10.4 Å². The minimum absolute atomic E-state index is 0. The molecule has 1 saturated heterocycles. The summed E-state index contributed by atoms with van der Waals surface area (Å²) in [6.45, 7) is 5.28. The Balaban J connectivity index is 0.00000200. The van der Waals surface area contributed by atoms with E-state index >= 15 is 0 Å². The Morgan fingerprint density at radius 3 is 2.75 bits per heavy atom. The van der Waals surface area contributed by atoms with Gasteiger partial charge in [-0.05, 0) is 31.5 Å². The van der Waals surface area contributed by atoms with Gasteiger partial charge in [-0.2, -0.15) is 9.57 Å². The zero-order chi connectivity index (χ0) is 14.0. The standard InChI is InChI=1S/C13H17N3O2S.ClH/c1-10-3-4-12(8-14)7-13(10)19(17,18)16-6-5-15-11(2)9-16;/h3-4,7,11,15H,5-6,9H2,1-2H3;1H/t11-;/m0./s1. The summed E-state index contributed by atoms with van der Waals surface area (Å²) in [6, 6.07) is 6.89. The highest BCUT2D eigenvalue weighted by Gasteiger charge is 2.29. The molecule has 2 rings (SSSR count). The molecule has 1 heterocycles. The predicted octanol–water partition coefficient (Wildman–Crippen LogP) is 1.27. The summed E-state index contributed by atoms with van der Waals surface area (Å²) < 4.78 is 26.7. The van der Waals surface area contributed by atoms with Crippen molar-refractivity contribution in [1.82, 2.24) is 9.62 Å². The maximum absolute atomic E-state index is 12.6. The number of piperazine rings is 1. The first-order valence-electron chi connectivity index (χ1n) is 6.19. The van der Waals surface area contributed by atoms with Gasteiger partial charge < -0.3 is 5.32 Å². The van der Waals surface area contributed by atoms with Gasteiger partial charge in [0.15, 0.2) is 0 Å². The number of benzene rings is 1. The van der Waals surface area contributed by atoms with Crippen molar-refractivity contribution < 1.29 is 8.42 Å². The van der Waals surface area contributed by atoms with Gasteiger partial charge in [0.05, 0.1) is 16.5 Å². The summed E-state index contributed by atoms with van der Waals surface area (Å²) in [4.78, 5) is 0.237. The largest absolute Gasteiger partial charge is 0.312 e. The average Bonchev–Trinajstić information content (AvgIpc) is 2.39. The lowest BCUT2D eigenvalue weighted by Crippen LogP contribution is -2.51. The molecule has 0 unspecified atom stereocenters. The van der Waals surface area contributed by atoms with Gasteiger partial charge in [0, 0.05) is 25.7 Å². The molecule has 0 aromatic heterocycles. The molecule has 7 heteroatoms. The number of nitrogens with zero attached hydrogens (tertiary/aromatic N) is 2. The normalized spacial score (nSPS) is 19.9. The average molecular weight is 316 g/mol. The van der Waals surface area contributed by atoms with E-state index in [4.69, 9.17) is 5.26 Å². The summed E-state index contributed by atoms with van der Waals surface area (Å²) in [5.74, 6) is 0. The van der Waals surface area contributed by atoms with Gasteiger partial charge in [-0.25, -0.2) is 8.42 Å². The van der Waals surface area contributed by atoms with Crippen LogP contribution in [-0.4, -0.2) is 38.4 Å². The Morgan fingerprint density at radius 1 is 1.45 bits per heavy atom. The van der Waals surface area contributed by atoms with E-state index in [0.717, 1.165) is 0 Å². The van der Waals surface area contributed by atoms with E-state index in [1.807, 2.05) is 13.0 Å². The number of hydrogen-bond acceptors (Lipinski definition) is 4. The maximum atomic E-state index is 12.6. The van der Waals surface area contributed by atoms with Crippen LogP contribution in [0.25, 0.3) is 0 Å². The van der Waals surface area contributed by atoms with E-state index in [-0.39, 0.29) is 23.3 Å². The van der Waals surface area contributed by atoms with Crippen molar-refractivity contribution in [3.63, 3.8) is 0 Å². The monoisotopic (exact) mass is 315 g/mol. The van der Waals surface area contributed by atoms with Gasteiger partial charge in [0.25, 0.3) is 0 Å². The first-order chi connectivity index (χ1) is 8.95. The van der Waals surface area contributed by atoms with Gasteiger partial charge >= 0.3 is 0 Å². The first kappa shape index (κ1) is 16.9. The number of hydrogen-bond donors (Lipinski definition) is 1. The van der Waals surface area contributed by atoms with Crippen LogP contribution in [0.3, 0.4) is 0 Å². The second-order valence-corrected chi connectivity index (χ2v) is 6.72. The number of nitrogens with one attached hydrogen (secondary N) is 1. The summed E-state index contributed by atoms with van der Waals surface area (Å²) >= 11 is 0. The zero-order valence-electron chi connectivity index (χ0n) is 11.5. The number of rotatable bonds is 2. The van der Waals surface area contributed by atoms with E-state index in [2.05, 4.69) is 5.32 Å². The minimum Gasteiger partial charge on any atom is -0.312 e. The molecule has 1 atom stereocenters. The van der Waals surface area contributed by atoms with Crippen molar-refractivity contribution in [3.05, 3.63) is 29.3 Å². The van der Waals surface area contributed by atoms with Crippen LogP contribution < -0.4 is 5.32 Å². The SMILES string of the molecule is Cc1ccc(C#N)cc1S(=O)(=O)N1CCN[C@@H](C)C1.Cl. The lowest BCUT2D eigenvalue weighted by Gasteiger charge is -2.31. The van der Waals surface area contributed by atoms with Crippen molar-refractivity contribution in [2.24, 2.45) is 0 Å². The van der Waals surface area contributed by atoms with Gasteiger partial charge in [0.1, 0.15) is 0 Å². The number of sulfonamides is 1. The van der Waals surface area contributed by atoms with E-state index < -0.39 is 10.0 Å². The molecule has 0 bridgehead atoms. The third-order valence-electron chi connectivity index (χ3n) is 3.27. The summed E-state index contributed by atoms with van der Waals surface area (Å²) in [5.41, 5.74) is 1.04. The summed E-state index contributed by atoms with van der Waals surface area (Å²) in [7, 11) is -3.52. The molecule has 110 valence electrons. The highest BCUT2D eigenvalue weighted by Crippen LogP contribution is 2.22. The fraction of sp³-hybridized carbons (Fsp3) is 0.462. The number of nitriles is 1. The third-order valence-corrected chi connectivity index (χ3v) is 5.27. The quantitative estimate of drug-likeness (QED) is 0.892. The van der Waals surface area contributed by atoms with Crippen LogP contribution in [-0.2, 0) is 10.0 Å². The van der Waals surface area contributed by atoms with Crippen molar-refractivity contribution in [2.45, 2.75) is 24.8 Å².